The van der Waals surface area contributed by atoms with Gasteiger partial charge in [0.2, 0.25) is 0 Å². The summed E-state index contributed by atoms with van der Waals surface area (Å²) in [7, 11) is 0. The Morgan fingerprint density at radius 1 is 0.833 bits per heavy atom. The third kappa shape index (κ3) is 4.84. The van der Waals surface area contributed by atoms with Crippen molar-refractivity contribution < 1.29 is 0 Å². The van der Waals surface area contributed by atoms with Crippen LogP contribution in [0.1, 0.15) is 74.3 Å². The summed E-state index contributed by atoms with van der Waals surface area (Å²) in [5.41, 5.74) is 8.23. The van der Waals surface area contributed by atoms with E-state index >= 15 is 0 Å². The second-order valence-corrected chi connectivity index (χ2v) is 6.04. The van der Waals surface area contributed by atoms with Crippen molar-refractivity contribution in [2.45, 2.75) is 66.7 Å². The Morgan fingerprint density at radius 3 is 2.04 bits per heavy atom. The molecule has 1 aliphatic rings. The van der Waals surface area contributed by atoms with E-state index in [2.05, 4.69) is 62.9 Å². The smallest absolute Gasteiger partial charge is 0.00896 e. The average Bonchev–Trinajstić information content (AvgIpc) is 2.78. The highest BCUT2D eigenvalue weighted by molar-refractivity contribution is 5.73. The minimum Gasteiger partial charge on any atom is -0.0946 e. The monoisotopic (exact) mass is 322 g/mol. The predicted octanol–water partition coefficient (Wildman–Crippen LogP) is 7.49. The molecule has 0 spiro atoms. The van der Waals surface area contributed by atoms with Gasteiger partial charge in [-0.25, -0.2) is 0 Å². The Kier molecular flexibility index (Phi) is 8.54. The summed E-state index contributed by atoms with van der Waals surface area (Å²) in [5.74, 6) is 0.472. The Bertz CT molecular complexity index is 632. The molecule has 0 fully saturated rings. The maximum atomic E-state index is 4.43. The maximum Gasteiger partial charge on any atom is 0.00896 e. The lowest BCUT2D eigenvalue weighted by atomic mass is 9.85. The van der Waals surface area contributed by atoms with Crippen LogP contribution in [0.15, 0.2) is 49.0 Å². The van der Waals surface area contributed by atoms with E-state index in [0.29, 0.717) is 5.92 Å². The standard InChI is InChI=1S/C20H22.2C2H6/c1-14-7-10-17(11-8-14)19-6-4-5-18-13-15(2)9-12-20(18)16(19)3;2*1-2/h7-13,19H,3-6H2,1-2H3;2*1-2H3. The Labute approximate surface area is 149 Å². The van der Waals surface area contributed by atoms with E-state index < -0.39 is 0 Å². The molecule has 1 aliphatic carbocycles. The van der Waals surface area contributed by atoms with Crippen LogP contribution in [0, 0.1) is 13.8 Å². The van der Waals surface area contributed by atoms with Crippen LogP contribution in [0.5, 0.6) is 0 Å². The van der Waals surface area contributed by atoms with Gasteiger partial charge in [-0.05, 0) is 55.4 Å². The molecule has 0 heterocycles. The second-order valence-electron chi connectivity index (χ2n) is 6.04. The molecule has 0 nitrogen and oxygen atoms in total. The molecule has 0 saturated carbocycles. The van der Waals surface area contributed by atoms with Crippen molar-refractivity contribution in [2.75, 3.05) is 0 Å². The van der Waals surface area contributed by atoms with E-state index in [1.165, 1.54) is 52.7 Å². The molecule has 0 N–H and O–H groups in total. The van der Waals surface area contributed by atoms with Crippen LogP contribution >= 0.6 is 0 Å². The summed E-state index contributed by atoms with van der Waals surface area (Å²) < 4.78 is 0. The third-order valence-corrected chi connectivity index (χ3v) is 4.45. The third-order valence-electron chi connectivity index (χ3n) is 4.45. The van der Waals surface area contributed by atoms with Gasteiger partial charge in [-0.3, -0.25) is 0 Å². The number of hydrogen-bond acceptors (Lipinski definition) is 0. The van der Waals surface area contributed by atoms with E-state index in [9.17, 15) is 0 Å². The molecule has 0 aromatic heterocycles. The Hall–Kier alpha value is -1.82. The van der Waals surface area contributed by atoms with Gasteiger partial charge in [0, 0.05) is 5.92 Å². The fourth-order valence-corrected chi connectivity index (χ4v) is 3.27. The normalized spacial score (nSPS) is 15.9. The van der Waals surface area contributed by atoms with Crippen molar-refractivity contribution in [3.05, 3.63) is 76.9 Å². The first-order valence-corrected chi connectivity index (χ1v) is 9.50. The van der Waals surface area contributed by atoms with Crippen LogP contribution in [0.4, 0.5) is 0 Å². The zero-order valence-electron chi connectivity index (χ0n) is 16.4. The minimum absolute atomic E-state index is 0.472. The molecule has 1 unspecified atom stereocenters. The molecule has 0 bridgehead atoms. The Balaban J connectivity index is 0.000000671. The average molecular weight is 323 g/mol. The number of aryl methyl sites for hydroxylation is 3. The van der Waals surface area contributed by atoms with E-state index in [1.807, 2.05) is 27.7 Å². The van der Waals surface area contributed by atoms with Gasteiger partial charge in [-0.2, -0.15) is 0 Å². The van der Waals surface area contributed by atoms with Crippen molar-refractivity contribution in [1.29, 1.82) is 0 Å². The van der Waals surface area contributed by atoms with Crippen LogP contribution < -0.4 is 0 Å². The van der Waals surface area contributed by atoms with Crippen LogP contribution in [0.25, 0.3) is 5.57 Å². The lowest BCUT2D eigenvalue weighted by Crippen LogP contribution is -2.00. The van der Waals surface area contributed by atoms with Gasteiger partial charge < -0.3 is 0 Å². The fourth-order valence-electron chi connectivity index (χ4n) is 3.27. The molecule has 24 heavy (non-hydrogen) atoms. The van der Waals surface area contributed by atoms with Gasteiger partial charge in [-0.15, -0.1) is 0 Å². The lowest BCUT2D eigenvalue weighted by molar-refractivity contribution is 0.702. The highest BCUT2D eigenvalue weighted by Gasteiger charge is 2.21. The van der Waals surface area contributed by atoms with E-state index in [1.54, 1.807) is 0 Å². The first-order valence-electron chi connectivity index (χ1n) is 9.50. The second kappa shape index (κ2) is 10.1. The van der Waals surface area contributed by atoms with Crippen molar-refractivity contribution in [1.82, 2.24) is 0 Å². The largest absolute Gasteiger partial charge is 0.0946 e. The van der Waals surface area contributed by atoms with Gasteiger partial charge in [0.1, 0.15) is 0 Å². The quantitative estimate of drug-likeness (QED) is 0.477. The van der Waals surface area contributed by atoms with Crippen molar-refractivity contribution in [2.24, 2.45) is 0 Å². The summed E-state index contributed by atoms with van der Waals surface area (Å²) >= 11 is 0. The van der Waals surface area contributed by atoms with Crippen molar-refractivity contribution in [3.8, 4) is 0 Å². The molecular formula is C24H34. The predicted molar refractivity (Wildman–Crippen MR) is 110 cm³/mol. The number of hydrogen-bond donors (Lipinski definition) is 0. The van der Waals surface area contributed by atoms with Crippen LogP contribution in [0.3, 0.4) is 0 Å². The SMILES string of the molecule is C=C1c2ccc(C)cc2CCCC1c1ccc(C)cc1.CC.CC. The topological polar surface area (TPSA) is 0 Å². The van der Waals surface area contributed by atoms with E-state index in [4.69, 9.17) is 0 Å². The number of rotatable bonds is 1. The summed E-state index contributed by atoms with van der Waals surface area (Å²) in [5, 5.41) is 0. The fraction of sp³-hybridized carbons (Fsp3) is 0.417. The van der Waals surface area contributed by atoms with E-state index in [-0.39, 0.29) is 0 Å². The summed E-state index contributed by atoms with van der Waals surface area (Å²) in [4.78, 5) is 0. The molecule has 0 radical (unpaired) electrons. The van der Waals surface area contributed by atoms with Crippen molar-refractivity contribution >= 4 is 5.57 Å². The molecule has 2 aromatic carbocycles. The molecule has 0 saturated heterocycles. The van der Waals surface area contributed by atoms with Gasteiger partial charge in [-0.1, -0.05) is 87.9 Å². The van der Waals surface area contributed by atoms with Crippen LogP contribution in [-0.2, 0) is 6.42 Å². The number of allylic oxidation sites excluding steroid dienone is 1. The summed E-state index contributed by atoms with van der Waals surface area (Å²) in [6.07, 6.45) is 3.63. The highest BCUT2D eigenvalue weighted by Crippen LogP contribution is 2.39. The molecule has 0 heteroatoms. The van der Waals surface area contributed by atoms with E-state index in [0.717, 1.165) is 0 Å². The van der Waals surface area contributed by atoms with Gasteiger partial charge in [0.05, 0.1) is 0 Å². The van der Waals surface area contributed by atoms with Gasteiger partial charge >= 0.3 is 0 Å². The molecule has 1 atom stereocenters. The maximum absolute atomic E-state index is 4.43. The molecule has 0 amide bonds. The first-order chi connectivity index (χ1) is 11.6. The highest BCUT2D eigenvalue weighted by atomic mass is 14.3. The molecule has 2 aromatic rings. The van der Waals surface area contributed by atoms with Gasteiger partial charge in [0.25, 0.3) is 0 Å². The summed E-state index contributed by atoms with van der Waals surface area (Å²) in [6.45, 7) is 16.7. The van der Waals surface area contributed by atoms with Crippen LogP contribution in [0.2, 0.25) is 0 Å². The van der Waals surface area contributed by atoms with Gasteiger partial charge in [0.15, 0.2) is 0 Å². The molecular weight excluding hydrogens is 288 g/mol. The Morgan fingerprint density at radius 2 is 1.42 bits per heavy atom. The first kappa shape index (κ1) is 20.2. The zero-order valence-corrected chi connectivity index (χ0v) is 16.4. The number of fused-ring (bicyclic) bond motifs is 1. The van der Waals surface area contributed by atoms with Crippen LogP contribution in [-0.4, -0.2) is 0 Å². The zero-order chi connectivity index (χ0) is 18.1. The lowest BCUT2D eigenvalue weighted by Gasteiger charge is -2.19. The minimum atomic E-state index is 0.472. The summed E-state index contributed by atoms with van der Waals surface area (Å²) in [6, 6.07) is 15.8. The van der Waals surface area contributed by atoms with Crippen molar-refractivity contribution in [3.63, 3.8) is 0 Å². The molecule has 0 aliphatic heterocycles. The molecule has 130 valence electrons. The molecule has 3 rings (SSSR count). The number of benzene rings is 2.